The lowest BCUT2D eigenvalue weighted by Gasteiger charge is -2.16. The van der Waals surface area contributed by atoms with E-state index in [1.165, 1.54) is 25.7 Å². The molecule has 22 heavy (non-hydrogen) atoms. The highest BCUT2D eigenvalue weighted by molar-refractivity contribution is 8.00. The number of unbranched alkanes of at least 4 members (excludes halogenated alkanes) is 5. The second-order valence-corrected chi connectivity index (χ2v) is 7.84. The van der Waals surface area contributed by atoms with E-state index in [1.807, 2.05) is 11.8 Å². The van der Waals surface area contributed by atoms with Gasteiger partial charge in [-0.05, 0) is 19.3 Å². The van der Waals surface area contributed by atoms with E-state index in [0.717, 1.165) is 44.3 Å². The van der Waals surface area contributed by atoms with Gasteiger partial charge in [-0.1, -0.05) is 39.0 Å². The molecule has 2 aliphatic rings. The van der Waals surface area contributed by atoms with Gasteiger partial charge in [0.1, 0.15) is 5.78 Å². The minimum atomic E-state index is -0.0152. The molecular formula is C17H30N2O2S. The zero-order chi connectivity index (χ0) is 15.8. The van der Waals surface area contributed by atoms with Crippen LogP contribution in [0.15, 0.2) is 0 Å². The summed E-state index contributed by atoms with van der Waals surface area (Å²) in [6.45, 7) is 2.21. The number of amides is 2. The van der Waals surface area contributed by atoms with E-state index in [9.17, 15) is 9.59 Å². The molecule has 4 nitrogen and oxygen atoms in total. The third kappa shape index (κ3) is 5.49. The molecule has 2 heterocycles. The third-order valence-corrected chi connectivity index (χ3v) is 6.20. The molecule has 0 aromatic rings. The molecule has 0 radical (unpaired) electrons. The van der Waals surface area contributed by atoms with Crippen molar-refractivity contribution in [2.75, 3.05) is 5.75 Å². The molecule has 3 atom stereocenters. The van der Waals surface area contributed by atoms with Gasteiger partial charge in [0.25, 0.3) is 0 Å². The minimum absolute atomic E-state index is 0.0152. The maximum Gasteiger partial charge on any atom is 0.315 e. The Balaban J connectivity index is 1.49. The predicted octanol–water partition coefficient (Wildman–Crippen LogP) is 3.64. The standard InChI is InChI=1S/C17H30N2O2S/c1-2-3-4-5-6-9-13(20)10-7-8-11-15-16-14(12-22-15)18-17(21)19-16/h14-16H,2-12H2,1H3,(H2,18,19,21). The van der Waals surface area contributed by atoms with Crippen LogP contribution < -0.4 is 10.6 Å². The lowest BCUT2D eigenvalue weighted by atomic mass is 10.0. The normalized spacial score (nSPS) is 26.6. The van der Waals surface area contributed by atoms with Crippen molar-refractivity contribution in [1.82, 2.24) is 10.6 Å². The number of thioether (sulfide) groups is 1. The van der Waals surface area contributed by atoms with Crippen LogP contribution >= 0.6 is 11.8 Å². The van der Waals surface area contributed by atoms with E-state index < -0.39 is 0 Å². The molecule has 0 aromatic carbocycles. The van der Waals surface area contributed by atoms with Gasteiger partial charge in [0.05, 0.1) is 12.1 Å². The number of nitrogens with one attached hydrogen (secondary N) is 2. The van der Waals surface area contributed by atoms with Crippen molar-refractivity contribution in [2.24, 2.45) is 0 Å². The molecule has 126 valence electrons. The molecule has 0 aromatic heterocycles. The molecule has 2 fully saturated rings. The second kappa shape index (κ2) is 9.43. The zero-order valence-corrected chi connectivity index (χ0v) is 14.6. The van der Waals surface area contributed by atoms with Crippen molar-refractivity contribution in [1.29, 1.82) is 0 Å². The lowest BCUT2D eigenvalue weighted by molar-refractivity contribution is -0.119. The van der Waals surface area contributed by atoms with Crippen LogP contribution in [0, 0.1) is 0 Å². The van der Waals surface area contributed by atoms with Gasteiger partial charge in [0, 0.05) is 23.8 Å². The Morgan fingerprint density at radius 2 is 1.82 bits per heavy atom. The van der Waals surface area contributed by atoms with Crippen molar-refractivity contribution in [3.63, 3.8) is 0 Å². The van der Waals surface area contributed by atoms with E-state index in [-0.39, 0.29) is 6.03 Å². The fourth-order valence-electron chi connectivity index (χ4n) is 3.36. The lowest BCUT2D eigenvalue weighted by Crippen LogP contribution is -2.36. The number of Topliss-reactive ketones (excluding diaryl/α,β-unsaturated/α-hetero) is 1. The van der Waals surface area contributed by atoms with Gasteiger partial charge in [-0.25, -0.2) is 4.79 Å². The summed E-state index contributed by atoms with van der Waals surface area (Å²) < 4.78 is 0. The van der Waals surface area contributed by atoms with Crippen LogP contribution in [0.2, 0.25) is 0 Å². The summed E-state index contributed by atoms with van der Waals surface area (Å²) in [5, 5.41) is 6.51. The van der Waals surface area contributed by atoms with Crippen molar-refractivity contribution in [3.8, 4) is 0 Å². The van der Waals surface area contributed by atoms with Crippen LogP contribution in [0.1, 0.15) is 71.1 Å². The topological polar surface area (TPSA) is 58.2 Å². The van der Waals surface area contributed by atoms with Gasteiger partial charge < -0.3 is 10.6 Å². The maximum absolute atomic E-state index is 11.8. The summed E-state index contributed by atoms with van der Waals surface area (Å²) in [6, 6.07) is 0.595. The van der Waals surface area contributed by atoms with Crippen molar-refractivity contribution in [2.45, 2.75) is 88.5 Å². The first kappa shape index (κ1) is 17.6. The van der Waals surface area contributed by atoms with Crippen LogP contribution in [0.5, 0.6) is 0 Å². The Kier molecular flexibility index (Phi) is 7.56. The Hall–Kier alpha value is -0.710. The van der Waals surface area contributed by atoms with Crippen LogP contribution in [-0.4, -0.2) is 34.9 Å². The SMILES string of the molecule is CCCCCCCC(=O)CCCCC1SCC2NC(=O)NC21. The first-order chi connectivity index (χ1) is 10.7. The van der Waals surface area contributed by atoms with Gasteiger partial charge in [-0.15, -0.1) is 0 Å². The highest BCUT2D eigenvalue weighted by atomic mass is 32.2. The molecule has 0 saturated carbocycles. The number of hydrogen-bond donors (Lipinski definition) is 2. The summed E-state index contributed by atoms with van der Waals surface area (Å²) in [7, 11) is 0. The molecule has 3 unspecified atom stereocenters. The van der Waals surface area contributed by atoms with Gasteiger partial charge in [0.15, 0.2) is 0 Å². The summed E-state index contributed by atoms with van der Waals surface area (Å²) in [4.78, 5) is 23.1. The molecule has 0 aliphatic carbocycles. The van der Waals surface area contributed by atoms with Gasteiger partial charge >= 0.3 is 6.03 Å². The van der Waals surface area contributed by atoms with E-state index in [0.29, 0.717) is 23.1 Å². The quantitative estimate of drug-likeness (QED) is 0.450. The van der Waals surface area contributed by atoms with Crippen molar-refractivity contribution >= 4 is 23.6 Å². The number of ketones is 1. The second-order valence-electron chi connectivity index (χ2n) is 6.57. The highest BCUT2D eigenvalue weighted by Crippen LogP contribution is 2.33. The number of hydrogen-bond acceptors (Lipinski definition) is 3. The summed E-state index contributed by atoms with van der Waals surface area (Å²) in [5.74, 6) is 1.45. The Bertz CT molecular complexity index is 376. The fourth-order valence-corrected chi connectivity index (χ4v) is 4.91. The molecule has 0 spiro atoms. The molecule has 2 N–H and O–H groups in total. The van der Waals surface area contributed by atoms with Crippen molar-refractivity contribution < 1.29 is 9.59 Å². The van der Waals surface area contributed by atoms with E-state index in [4.69, 9.17) is 0 Å². The molecule has 2 amide bonds. The molecule has 2 aliphatic heterocycles. The number of fused-ring (bicyclic) bond motifs is 1. The molecular weight excluding hydrogens is 296 g/mol. The first-order valence-corrected chi connectivity index (χ1v) is 9.96. The van der Waals surface area contributed by atoms with Crippen molar-refractivity contribution in [3.05, 3.63) is 0 Å². The van der Waals surface area contributed by atoms with Gasteiger partial charge in [-0.2, -0.15) is 11.8 Å². The summed E-state index contributed by atoms with van der Waals surface area (Å²) in [6.07, 6.45) is 10.8. The van der Waals surface area contributed by atoms with Gasteiger partial charge in [0.2, 0.25) is 0 Å². The van der Waals surface area contributed by atoms with E-state index >= 15 is 0 Å². The number of carbonyl (C=O) groups is 2. The summed E-state index contributed by atoms with van der Waals surface area (Å²) >= 11 is 1.95. The minimum Gasteiger partial charge on any atom is -0.332 e. The van der Waals surface area contributed by atoms with E-state index in [1.54, 1.807) is 0 Å². The van der Waals surface area contributed by atoms with Gasteiger partial charge in [-0.3, -0.25) is 4.79 Å². The Morgan fingerprint density at radius 1 is 1.09 bits per heavy atom. The Morgan fingerprint density at radius 3 is 2.59 bits per heavy atom. The molecule has 0 bridgehead atoms. The number of carbonyl (C=O) groups excluding carboxylic acids is 2. The molecule has 5 heteroatoms. The molecule has 2 rings (SSSR count). The van der Waals surface area contributed by atoms with Crippen LogP contribution in [-0.2, 0) is 4.79 Å². The average molecular weight is 327 g/mol. The fraction of sp³-hybridized carbons (Fsp3) is 0.882. The zero-order valence-electron chi connectivity index (χ0n) is 13.7. The predicted molar refractivity (Wildman–Crippen MR) is 92.3 cm³/mol. The summed E-state index contributed by atoms with van der Waals surface area (Å²) in [5.41, 5.74) is 0. The highest BCUT2D eigenvalue weighted by Gasteiger charge is 2.42. The van der Waals surface area contributed by atoms with E-state index in [2.05, 4.69) is 17.6 Å². The van der Waals surface area contributed by atoms with Crippen LogP contribution in [0.3, 0.4) is 0 Å². The number of urea groups is 1. The van der Waals surface area contributed by atoms with Crippen LogP contribution in [0.25, 0.3) is 0 Å². The average Bonchev–Trinajstić information content (AvgIpc) is 3.03. The third-order valence-electron chi connectivity index (χ3n) is 4.69. The van der Waals surface area contributed by atoms with Crippen LogP contribution in [0.4, 0.5) is 4.79 Å². The maximum atomic E-state index is 11.8. The largest absolute Gasteiger partial charge is 0.332 e. The molecule has 2 saturated heterocycles. The Labute approximate surface area is 138 Å². The smallest absolute Gasteiger partial charge is 0.315 e. The number of rotatable bonds is 11. The monoisotopic (exact) mass is 326 g/mol. The first-order valence-electron chi connectivity index (χ1n) is 8.91.